The van der Waals surface area contributed by atoms with Crippen LogP contribution >= 0.6 is 0 Å². The molecule has 5 aliphatic rings. The molecule has 12 aromatic rings. The Kier molecular flexibility index (Phi) is 36.6. The third kappa shape index (κ3) is 30.1. The van der Waals surface area contributed by atoms with Gasteiger partial charge in [0.25, 0.3) is 0 Å². The second-order valence-corrected chi connectivity index (χ2v) is 36.2. The van der Waals surface area contributed by atoms with Gasteiger partial charge in [0.2, 0.25) is 5.91 Å². The van der Waals surface area contributed by atoms with Gasteiger partial charge in [-0.2, -0.15) is 0 Å². The highest BCUT2D eigenvalue weighted by molar-refractivity contribution is 5.97. The molecule has 5 fully saturated rings. The molecule has 1 amide bonds. The molecule has 17 rings (SSSR count). The summed E-state index contributed by atoms with van der Waals surface area (Å²) in [4.78, 5) is 47.2. The van der Waals surface area contributed by atoms with E-state index >= 15 is 0 Å². The Hall–Kier alpha value is -12.8. The van der Waals surface area contributed by atoms with Crippen LogP contribution in [0.4, 0.5) is 17.6 Å². The van der Waals surface area contributed by atoms with E-state index in [1.165, 1.54) is 135 Å². The van der Waals surface area contributed by atoms with Gasteiger partial charge in [-0.25, -0.2) is 17.6 Å². The van der Waals surface area contributed by atoms with Crippen LogP contribution in [-0.2, 0) is 26.4 Å². The maximum atomic E-state index is 13.4. The lowest BCUT2D eigenvalue weighted by Crippen LogP contribution is -2.24. The Labute approximate surface area is 787 Å². The van der Waals surface area contributed by atoms with Gasteiger partial charge in [-0.05, 0) is 338 Å². The number of benzene rings is 12. The van der Waals surface area contributed by atoms with Crippen LogP contribution in [0.15, 0.2) is 291 Å². The van der Waals surface area contributed by atoms with E-state index in [4.69, 9.17) is 43.6 Å². The Balaban J connectivity index is 0.000000144. The number of hydrogen-bond donors (Lipinski definition) is 1. The minimum atomic E-state index is -0.607. The highest BCUT2D eigenvalue weighted by atomic mass is 19.1. The summed E-state index contributed by atoms with van der Waals surface area (Å²) in [6, 6.07) is 89.4. The number of ketones is 3. The first-order valence-corrected chi connectivity index (χ1v) is 48.2. The molecule has 5 saturated carbocycles. The number of Topliss-reactive ketones (excluding diaryl/α,β-unsaturated/α-hetero) is 3. The van der Waals surface area contributed by atoms with Crippen LogP contribution in [0.1, 0.15) is 265 Å². The van der Waals surface area contributed by atoms with Crippen LogP contribution in [0, 0.1) is 52.9 Å². The molecule has 0 aromatic heterocycles. The molecule has 0 bridgehead atoms. The fraction of sp³-hybridized carbons (Fsp3) is 0.350. The van der Waals surface area contributed by atoms with Gasteiger partial charge in [0.1, 0.15) is 95.7 Å². The molecule has 0 radical (unpaired) electrons. The molecule has 0 heterocycles. The minimum absolute atomic E-state index is 0.108. The van der Waals surface area contributed by atoms with Gasteiger partial charge in [-0.3, -0.25) is 19.2 Å². The van der Waals surface area contributed by atoms with Crippen molar-refractivity contribution in [3.8, 4) is 46.0 Å². The zero-order chi connectivity index (χ0) is 93.2. The number of hydrogen-bond acceptors (Lipinski definition) is 12. The van der Waals surface area contributed by atoms with Crippen molar-refractivity contribution in [1.29, 1.82) is 0 Å². The second kappa shape index (κ2) is 50.4. The highest BCUT2D eigenvalue weighted by Gasteiger charge is 2.32. The van der Waals surface area contributed by atoms with Gasteiger partial charge in [-0.15, -0.1) is 0 Å². The standard InChI is InChI=1S/C32H35FO3.C29H30F2O3.C29H31FO3.C27H29NO3/c33-28-14-7-24(8-15-28)21-35-29-16-10-25(11-17-29)31-4-2-1-3-27(31)22-36-30-18-12-26(13-19-30)32(34)20-9-23-5-6-23;1-2-29(32)22-9-13-27(14-10-22)34-19-23-5-3-4-6-28(23)21-7-11-26(12-8-21)33-18-20-15-24(30)17-25(31)16-20;1-2-29(31)23-11-17-27(18-12-23)33-20-24-5-3-4-6-28(24)22-9-15-26(16-10-22)32-19-21-7-13-25(30)14-8-21;28-27(29)22-12-16-25(17-13-22)31-19-23-8-4-5-9-26(23)21-10-14-24(15-11-21)30-18-20-6-2-1-3-7-20/h7-8,10-19,23,27,31H,1-6,9,20-22H2;7-17,23,28H,2-6,18-19H2,1H3;7-18,24,28H,2-6,19-20H2,1H3;1-3,6-7,10-17,23,26H,4-5,8-9,18-19H2,(H2,28,29)/t27-,31-;23-,28-;24-,28-;23-,26-/m0000/s1. The summed E-state index contributed by atoms with van der Waals surface area (Å²) < 4.78 is 101. The van der Waals surface area contributed by atoms with Crippen molar-refractivity contribution >= 4 is 23.3 Å². The third-order valence-electron chi connectivity index (χ3n) is 26.7. The van der Waals surface area contributed by atoms with Crippen LogP contribution in [0.2, 0.25) is 0 Å². The van der Waals surface area contributed by atoms with Crippen LogP contribution in [0.3, 0.4) is 0 Å². The fourth-order valence-electron chi connectivity index (χ4n) is 18.8. The van der Waals surface area contributed by atoms with Gasteiger partial charge in [0.05, 0.1) is 26.4 Å². The van der Waals surface area contributed by atoms with Gasteiger partial charge < -0.3 is 43.6 Å². The molecule has 0 unspecified atom stereocenters. The van der Waals surface area contributed by atoms with Crippen LogP contribution in [0.5, 0.6) is 46.0 Å². The monoisotopic (exact) mass is 1810 g/mol. The van der Waals surface area contributed by atoms with E-state index in [0.717, 1.165) is 131 Å². The number of rotatable bonds is 37. The summed E-state index contributed by atoms with van der Waals surface area (Å²) in [6.07, 6.45) is 24.3. The maximum absolute atomic E-state index is 13.4. The molecule has 0 spiro atoms. The molecule has 0 aliphatic heterocycles. The molecule has 2 N–H and O–H groups in total. The molecule has 8 atom stereocenters. The first-order valence-electron chi connectivity index (χ1n) is 48.2. The van der Waals surface area contributed by atoms with Crippen LogP contribution in [0.25, 0.3) is 0 Å². The normalized spacial score (nSPS) is 18.5. The summed E-state index contributed by atoms with van der Waals surface area (Å²) in [7, 11) is 0. The summed E-state index contributed by atoms with van der Waals surface area (Å²) in [5.41, 5.74) is 16.8. The Bertz CT molecular complexity index is 5590. The van der Waals surface area contributed by atoms with Crippen LogP contribution < -0.4 is 43.6 Å². The lowest BCUT2D eigenvalue weighted by Gasteiger charge is -2.32. The van der Waals surface area contributed by atoms with Crippen molar-refractivity contribution < 1.29 is 74.6 Å². The quantitative estimate of drug-likeness (QED) is 0.0289. The SMILES string of the molecule is CCC(=O)c1ccc(OC[C@@H]2CCCC[C@H]2c2ccc(OCc3cc(F)cc(F)c3)cc2)cc1.CCC(=O)c1ccc(OC[C@@H]2CCCC[C@H]2c2ccc(OCc3ccc(F)cc3)cc2)cc1.NC(=O)c1ccc(OC[C@@H]2CCCC[C@H]2c2ccc(OCc3ccccc3)cc2)cc1.O=C(CCC1CC1)c1ccc(OC[C@@H]2CCCC[C@H]2c2ccc(OCc3ccc(F)cc3)cc2)cc1. The first kappa shape index (κ1) is 97.3. The van der Waals surface area contributed by atoms with E-state index < -0.39 is 17.5 Å². The number of primary amides is 1. The van der Waals surface area contributed by atoms with Gasteiger partial charge >= 0.3 is 0 Å². The summed E-state index contributed by atoms with van der Waals surface area (Å²) >= 11 is 0. The number of nitrogens with two attached hydrogens (primary N) is 1. The van der Waals surface area contributed by atoms with Gasteiger partial charge in [0.15, 0.2) is 17.3 Å². The molecule has 5 aliphatic carbocycles. The molecule has 17 heteroatoms. The molecule has 134 heavy (non-hydrogen) atoms. The molecule has 0 saturated heterocycles. The number of halogens is 4. The van der Waals surface area contributed by atoms with Gasteiger partial charge in [-0.1, -0.05) is 181 Å². The predicted molar refractivity (Wildman–Crippen MR) is 519 cm³/mol. The predicted octanol–water partition coefficient (Wildman–Crippen LogP) is 28.7. The van der Waals surface area contributed by atoms with E-state index in [0.29, 0.717) is 130 Å². The van der Waals surface area contributed by atoms with E-state index in [2.05, 4.69) is 72.8 Å². The lowest BCUT2D eigenvalue weighted by molar-refractivity contribution is 0.0972. The van der Waals surface area contributed by atoms with Crippen molar-refractivity contribution in [2.24, 2.45) is 35.3 Å². The third-order valence-corrected chi connectivity index (χ3v) is 26.7. The number of ether oxygens (including phenoxy) is 8. The second-order valence-electron chi connectivity index (χ2n) is 36.2. The van der Waals surface area contributed by atoms with Crippen molar-refractivity contribution in [3.63, 3.8) is 0 Å². The molecule has 12 aromatic carbocycles. The lowest BCUT2D eigenvalue weighted by atomic mass is 9.76. The summed E-state index contributed by atoms with van der Waals surface area (Å²) in [5.74, 6) is 9.23. The molecular weight excluding hydrogens is 1690 g/mol. The van der Waals surface area contributed by atoms with Crippen molar-refractivity contribution in [3.05, 3.63) is 381 Å². The molecule has 13 nitrogen and oxygen atoms in total. The number of carbonyl (C=O) groups is 4. The van der Waals surface area contributed by atoms with E-state index in [-0.39, 0.29) is 35.6 Å². The highest BCUT2D eigenvalue weighted by Crippen LogP contribution is 2.44. The first-order chi connectivity index (χ1) is 65.5. The van der Waals surface area contributed by atoms with E-state index in [1.807, 2.05) is 153 Å². The maximum Gasteiger partial charge on any atom is 0.248 e. The number of amides is 1. The minimum Gasteiger partial charge on any atom is -0.493 e. The Morgan fingerprint density at radius 1 is 0.269 bits per heavy atom. The Morgan fingerprint density at radius 2 is 0.530 bits per heavy atom. The topological polar surface area (TPSA) is 168 Å². The Morgan fingerprint density at radius 3 is 0.821 bits per heavy atom. The van der Waals surface area contributed by atoms with E-state index in [9.17, 15) is 36.7 Å². The summed E-state index contributed by atoms with van der Waals surface area (Å²) in [6.45, 7) is 7.93. The van der Waals surface area contributed by atoms with Crippen LogP contribution in [-0.4, -0.2) is 49.7 Å². The van der Waals surface area contributed by atoms with Crippen molar-refractivity contribution in [1.82, 2.24) is 0 Å². The van der Waals surface area contributed by atoms with Gasteiger partial charge in [0, 0.05) is 47.6 Å². The average molecular weight is 1810 g/mol. The zero-order valence-corrected chi connectivity index (χ0v) is 77.1. The largest absolute Gasteiger partial charge is 0.493 e. The van der Waals surface area contributed by atoms with Crippen molar-refractivity contribution in [2.75, 3.05) is 26.4 Å². The average Bonchev–Trinajstić information content (AvgIpc) is 1.04. The van der Waals surface area contributed by atoms with E-state index in [1.54, 1.807) is 36.4 Å². The number of carbonyl (C=O) groups excluding carboxylic acids is 4. The molecule has 698 valence electrons. The van der Waals surface area contributed by atoms with Crippen molar-refractivity contribution in [2.45, 2.75) is 205 Å². The smallest absolute Gasteiger partial charge is 0.248 e. The fourth-order valence-corrected chi connectivity index (χ4v) is 18.8. The molecular formula is C117H125F4NO12. The summed E-state index contributed by atoms with van der Waals surface area (Å²) in [5, 5.41) is 0. The zero-order valence-electron chi connectivity index (χ0n) is 77.1.